The molecule has 0 saturated carbocycles. The quantitative estimate of drug-likeness (QED) is 0.634. The molecule has 2 heterocycles. The summed E-state index contributed by atoms with van der Waals surface area (Å²) in [6, 6.07) is 11.6. The number of ether oxygens (including phenoxy) is 2. The van der Waals surface area contributed by atoms with E-state index in [0.29, 0.717) is 31.3 Å². The molecule has 0 radical (unpaired) electrons. The van der Waals surface area contributed by atoms with Crippen molar-refractivity contribution in [1.29, 1.82) is 0 Å². The predicted molar refractivity (Wildman–Crippen MR) is 89.0 cm³/mol. The van der Waals surface area contributed by atoms with Gasteiger partial charge in [0.25, 0.3) is 0 Å². The average molecular weight is 328 g/mol. The fourth-order valence-electron chi connectivity index (χ4n) is 2.14. The Balaban J connectivity index is 1.56. The van der Waals surface area contributed by atoms with E-state index < -0.39 is 0 Å². The minimum absolute atomic E-state index is 0.228. The molecule has 24 heavy (non-hydrogen) atoms. The Morgan fingerprint density at radius 3 is 2.96 bits per heavy atom. The summed E-state index contributed by atoms with van der Waals surface area (Å²) in [4.78, 5) is 0. The van der Waals surface area contributed by atoms with Crippen LogP contribution in [0, 0.1) is 0 Å². The van der Waals surface area contributed by atoms with Crippen LogP contribution in [-0.2, 0) is 16.1 Å². The van der Waals surface area contributed by atoms with Crippen molar-refractivity contribution in [3.8, 4) is 0 Å². The number of hydrogen-bond acceptors (Lipinski definition) is 7. The summed E-state index contributed by atoms with van der Waals surface area (Å²) in [6.07, 6.45) is 0.228. The highest BCUT2D eigenvalue weighted by molar-refractivity contribution is 5.57. The Morgan fingerprint density at radius 1 is 1.17 bits per heavy atom. The van der Waals surface area contributed by atoms with Gasteiger partial charge in [-0.25, -0.2) is 0 Å². The summed E-state index contributed by atoms with van der Waals surface area (Å²) in [5, 5.41) is 18.7. The first-order valence-corrected chi connectivity index (χ1v) is 7.81. The monoisotopic (exact) mass is 328 g/mol. The number of nitrogens with one attached hydrogen (secondary N) is 1. The van der Waals surface area contributed by atoms with E-state index in [1.807, 2.05) is 44.2 Å². The van der Waals surface area contributed by atoms with Gasteiger partial charge in [-0.15, -0.1) is 14.8 Å². The number of tetrazole rings is 1. The summed E-state index contributed by atoms with van der Waals surface area (Å²) >= 11 is 0. The van der Waals surface area contributed by atoms with Gasteiger partial charge in [0.1, 0.15) is 0 Å². The fourth-order valence-corrected chi connectivity index (χ4v) is 2.14. The predicted octanol–water partition coefficient (Wildman–Crippen LogP) is 2.20. The molecule has 8 heteroatoms. The second-order valence-electron chi connectivity index (χ2n) is 5.54. The van der Waals surface area contributed by atoms with Gasteiger partial charge in [-0.2, -0.15) is 0 Å². The Bertz CT molecular complexity index is 789. The molecular formula is C16H20N6O2. The van der Waals surface area contributed by atoms with E-state index in [2.05, 4.69) is 25.9 Å². The van der Waals surface area contributed by atoms with Crippen molar-refractivity contribution in [2.24, 2.45) is 0 Å². The smallest absolute Gasteiger partial charge is 0.200 e. The highest BCUT2D eigenvalue weighted by Crippen LogP contribution is 2.16. The molecule has 0 spiro atoms. The lowest BCUT2D eigenvalue weighted by Crippen LogP contribution is -2.09. The van der Waals surface area contributed by atoms with Crippen LogP contribution in [0.15, 0.2) is 36.4 Å². The molecule has 0 atom stereocenters. The molecule has 0 saturated heterocycles. The number of benzene rings is 1. The van der Waals surface area contributed by atoms with Gasteiger partial charge in [0, 0.05) is 5.69 Å². The maximum absolute atomic E-state index is 5.62. The summed E-state index contributed by atoms with van der Waals surface area (Å²) in [6.45, 7) is 5.74. The van der Waals surface area contributed by atoms with Gasteiger partial charge < -0.3 is 14.8 Å². The van der Waals surface area contributed by atoms with Gasteiger partial charge in [-0.3, -0.25) is 0 Å². The molecular weight excluding hydrogens is 308 g/mol. The molecule has 0 unspecified atom stereocenters. The normalized spacial score (nSPS) is 11.3. The molecule has 0 amide bonds. The van der Waals surface area contributed by atoms with Gasteiger partial charge >= 0.3 is 0 Å². The molecule has 0 aliphatic carbocycles. The van der Waals surface area contributed by atoms with Crippen LogP contribution in [0.25, 0.3) is 5.65 Å². The molecule has 3 rings (SSSR count). The Labute approximate surface area is 139 Å². The van der Waals surface area contributed by atoms with Crippen LogP contribution in [0.5, 0.6) is 0 Å². The number of hydrogen-bond donors (Lipinski definition) is 1. The molecule has 2 aromatic heterocycles. The van der Waals surface area contributed by atoms with Gasteiger partial charge in [0.05, 0.1) is 25.9 Å². The van der Waals surface area contributed by atoms with E-state index in [9.17, 15) is 0 Å². The first kappa shape index (κ1) is 16.3. The second-order valence-corrected chi connectivity index (χ2v) is 5.54. The lowest BCUT2D eigenvalue weighted by Gasteiger charge is -2.10. The molecule has 1 aromatic carbocycles. The standard InChI is InChI=1S/C16H20N6O2/c1-12(2)24-9-8-23-11-13-4-3-5-14(10-13)17-15-6-7-16-18-20-21-22(16)19-15/h3-7,10,12H,8-9,11H2,1-2H3,(H,17,19). The Kier molecular flexibility index (Phi) is 5.29. The first-order valence-electron chi connectivity index (χ1n) is 7.81. The van der Waals surface area contributed by atoms with Crippen LogP contribution in [0.4, 0.5) is 11.5 Å². The van der Waals surface area contributed by atoms with Gasteiger partial charge in [0.15, 0.2) is 11.5 Å². The van der Waals surface area contributed by atoms with E-state index in [0.717, 1.165) is 11.3 Å². The van der Waals surface area contributed by atoms with Crippen LogP contribution in [0.3, 0.4) is 0 Å². The second kappa shape index (κ2) is 7.80. The minimum Gasteiger partial charge on any atom is -0.376 e. The van der Waals surface area contributed by atoms with E-state index in [4.69, 9.17) is 9.47 Å². The minimum atomic E-state index is 0.228. The van der Waals surface area contributed by atoms with Gasteiger partial charge in [-0.1, -0.05) is 12.1 Å². The molecule has 1 N–H and O–H groups in total. The molecule has 8 nitrogen and oxygen atoms in total. The topological polar surface area (TPSA) is 86.5 Å². The van der Waals surface area contributed by atoms with Crippen molar-refractivity contribution in [1.82, 2.24) is 25.3 Å². The number of nitrogens with zero attached hydrogens (tertiary/aromatic N) is 5. The summed E-state index contributed by atoms with van der Waals surface area (Å²) < 4.78 is 12.4. The first-order chi connectivity index (χ1) is 11.7. The van der Waals surface area contributed by atoms with Crippen LogP contribution >= 0.6 is 0 Å². The van der Waals surface area contributed by atoms with Crippen LogP contribution in [-0.4, -0.2) is 44.6 Å². The van der Waals surface area contributed by atoms with Crippen molar-refractivity contribution in [3.63, 3.8) is 0 Å². The number of fused-ring (bicyclic) bond motifs is 1. The van der Waals surface area contributed by atoms with E-state index in [-0.39, 0.29) is 6.10 Å². The molecule has 0 aliphatic heterocycles. The highest BCUT2D eigenvalue weighted by atomic mass is 16.5. The van der Waals surface area contributed by atoms with Crippen molar-refractivity contribution in [3.05, 3.63) is 42.0 Å². The maximum Gasteiger partial charge on any atom is 0.200 e. The molecule has 126 valence electrons. The Morgan fingerprint density at radius 2 is 2.08 bits per heavy atom. The van der Waals surface area contributed by atoms with E-state index in [1.165, 1.54) is 4.63 Å². The van der Waals surface area contributed by atoms with E-state index in [1.54, 1.807) is 6.07 Å². The van der Waals surface area contributed by atoms with Crippen molar-refractivity contribution in [2.45, 2.75) is 26.6 Å². The zero-order valence-electron chi connectivity index (χ0n) is 13.7. The van der Waals surface area contributed by atoms with E-state index >= 15 is 0 Å². The average Bonchev–Trinajstić information content (AvgIpc) is 3.02. The molecule has 0 fully saturated rings. The number of aromatic nitrogens is 5. The lowest BCUT2D eigenvalue weighted by molar-refractivity contribution is 0.0143. The van der Waals surface area contributed by atoms with Crippen LogP contribution in [0.1, 0.15) is 19.4 Å². The number of rotatable bonds is 8. The lowest BCUT2D eigenvalue weighted by atomic mass is 10.2. The summed E-state index contributed by atoms with van der Waals surface area (Å²) in [7, 11) is 0. The van der Waals surface area contributed by atoms with Gasteiger partial charge in [-0.05, 0) is 54.1 Å². The number of anilines is 2. The fraction of sp³-hybridized carbons (Fsp3) is 0.375. The SMILES string of the molecule is CC(C)OCCOCc1cccc(Nc2ccc3nnnn3n2)c1. The van der Waals surface area contributed by atoms with Crippen molar-refractivity contribution < 1.29 is 9.47 Å². The third-order valence-corrected chi connectivity index (χ3v) is 3.22. The van der Waals surface area contributed by atoms with Crippen LogP contribution in [0.2, 0.25) is 0 Å². The maximum atomic E-state index is 5.62. The third-order valence-electron chi connectivity index (χ3n) is 3.22. The molecule has 0 aliphatic rings. The van der Waals surface area contributed by atoms with Crippen molar-refractivity contribution in [2.75, 3.05) is 18.5 Å². The summed E-state index contributed by atoms with van der Waals surface area (Å²) in [5.41, 5.74) is 2.61. The van der Waals surface area contributed by atoms with Gasteiger partial charge in [0.2, 0.25) is 0 Å². The molecule has 0 bridgehead atoms. The van der Waals surface area contributed by atoms with Crippen LogP contribution < -0.4 is 5.32 Å². The zero-order chi connectivity index (χ0) is 16.8. The van der Waals surface area contributed by atoms with Crippen molar-refractivity contribution >= 4 is 17.2 Å². The zero-order valence-corrected chi connectivity index (χ0v) is 13.7. The summed E-state index contributed by atoms with van der Waals surface area (Å²) in [5.74, 6) is 0.665. The Hall–Kier alpha value is -2.58. The highest BCUT2D eigenvalue weighted by Gasteiger charge is 2.02. The third kappa shape index (κ3) is 4.46. The largest absolute Gasteiger partial charge is 0.376 e. The molecule has 3 aromatic rings.